The number of ether oxygens (including phenoxy) is 1. The van der Waals surface area contributed by atoms with E-state index in [4.69, 9.17) is 16.3 Å². The number of hydrogen-bond acceptors (Lipinski definition) is 2. The predicted octanol–water partition coefficient (Wildman–Crippen LogP) is 1.47. The van der Waals surface area contributed by atoms with E-state index in [9.17, 15) is 4.79 Å². The number of hydrogen-bond donors (Lipinski definition) is 1. The van der Waals surface area contributed by atoms with E-state index in [1.165, 1.54) is 0 Å². The van der Waals surface area contributed by atoms with Crippen molar-refractivity contribution in [2.75, 3.05) is 13.2 Å². The summed E-state index contributed by atoms with van der Waals surface area (Å²) in [6.07, 6.45) is 0. The SMILES string of the molecule is O=C(NC1COC1)c1cccc(Cl)c1. The van der Waals surface area contributed by atoms with Crippen molar-refractivity contribution < 1.29 is 9.53 Å². The monoisotopic (exact) mass is 211 g/mol. The Morgan fingerprint density at radius 2 is 2.29 bits per heavy atom. The third kappa shape index (κ3) is 2.05. The third-order valence-corrected chi connectivity index (χ3v) is 2.30. The molecular formula is C10H10ClNO2. The summed E-state index contributed by atoms with van der Waals surface area (Å²) in [5, 5.41) is 3.41. The van der Waals surface area contributed by atoms with Crippen LogP contribution in [0.2, 0.25) is 5.02 Å². The molecule has 1 fully saturated rings. The first kappa shape index (κ1) is 9.49. The molecule has 4 heteroatoms. The zero-order chi connectivity index (χ0) is 9.97. The van der Waals surface area contributed by atoms with Gasteiger partial charge >= 0.3 is 0 Å². The lowest BCUT2D eigenvalue weighted by molar-refractivity contribution is -0.00346. The van der Waals surface area contributed by atoms with Gasteiger partial charge in [0, 0.05) is 10.6 Å². The van der Waals surface area contributed by atoms with Crippen molar-refractivity contribution in [3.63, 3.8) is 0 Å². The summed E-state index contributed by atoms with van der Waals surface area (Å²) in [6.45, 7) is 1.21. The fraction of sp³-hybridized carbons (Fsp3) is 0.300. The molecule has 0 aromatic heterocycles. The Kier molecular flexibility index (Phi) is 2.70. The number of carbonyl (C=O) groups excluding carboxylic acids is 1. The van der Waals surface area contributed by atoms with Crippen LogP contribution in [0, 0.1) is 0 Å². The van der Waals surface area contributed by atoms with Crippen LogP contribution in [-0.2, 0) is 4.74 Å². The van der Waals surface area contributed by atoms with E-state index in [0.717, 1.165) is 0 Å². The summed E-state index contributed by atoms with van der Waals surface area (Å²) in [5.41, 5.74) is 0.587. The van der Waals surface area contributed by atoms with Crippen molar-refractivity contribution >= 4 is 17.5 Å². The Labute approximate surface area is 87.0 Å². The van der Waals surface area contributed by atoms with Crippen molar-refractivity contribution in [1.29, 1.82) is 0 Å². The minimum absolute atomic E-state index is 0.0965. The second-order valence-corrected chi connectivity index (χ2v) is 3.65. The molecule has 0 radical (unpaired) electrons. The van der Waals surface area contributed by atoms with Gasteiger partial charge in [-0.2, -0.15) is 0 Å². The van der Waals surface area contributed by atoms with Gasteiger partial charge in [0.2, 0.25) is 0 Å². The van der Waals surface area contributed by atoms with E-state index in [1.807, 2.05) is 0 Å². The lowest BCUT2D eigenvalue weighted by atomic mass is 10.2. The first-order valence-electron chi connectivity index (χ1n) is 4.40. The van der Waals surface area contributed by atoms with E-state index in [-0.39, 0.29) is 11.9 Å². The summed E-state index contributed by atoms with van der Waals surface area (Å²) in [7, 11) is 0. The third-order valence-electron chi connectivity index (χ3n) is 2.06. The Morgan fingerprint density at radius 1 is 1.50 bits per heavy atom. The molecule has 1 aromatic carbocycles. The van der Waals surface area contributed by atoms with Crippen molar-refractivity contribution in [3.05, 3.63) is 34.9 Å². The molecule has 74 valence electrons. The van der Waals surface area contributed by atoms with Crippen LogP contribution in [0.1, 0.15) is 10.4 Å². The van der Waals surface area contributed by atoms with Crippen molar-refractivity contribution in [1.82, 2.24) is 5.32 Å². The molecule has 1 saturated heterocycles. The number of amides is 1. The van der Waals surface area contributed by atoms with Gasteiger partial charge in [0.25, 0.3) is 5.91 Å². The van der Waals surface area contributed by atoms with Gasteiger partial charge in [-0.1, -0.05) is 17.7 Å². The minimum Gasteiger partial charge on any atom is -0.377 e. The molecule has 1 aliphatic heterocycles. The second-order valence-electron chi connectivity index (χ2n) is 3.22. The van der Waals surface area contributed by atoms with Crippen LogP contribution in [0.5, 0.6) is 0 Å². The van der Waals surface area contributed by atoms with Gasteiger partial charge in [0.15, 0.2) is 0 Å². The van der Waals surface area contributed by atoms with Crippen LogP contribution < -0.4 is 5.32 Å². The quantitative estimate of drug-likeness (QED) is 0.805. The molecule has 1 N–H and O–H groups in total. The van der Waals surface area contributed by atoms with E-state index in [2.05, 4.69) is 5.32 Å². The second kappa shape index (κ2) is 3.98. The molecule has 2 rings (SSSR count). The maximum absolute atomic E-state index is 11.6. The average molecular weight is 212 g/mol. The molecule has 1 amide bonds. The Bertz CT molecular complexity index is 350. The van der Waals surface area contributed by atoms with Crippen molar-refractivity contribution in [2.24, 2.45) is 0 Å². The molecule has 14 heavy (non-hydrogen) atoms. The molecule has 0 spiro atoms. The van der Waals surface area contributed by atoms with Crippen LogP contribution >= 0.6 is 11.6 Å². The van der Waals surface area contributed by atoms with Crippen molar-refractivity contribution in [3.8, 4) is 0 Å². The summed E-state index contributed by atoms with van der Waals surface area (Å²) in [4.78, 5) is 11.6. The first-order valence-corrected chi connectivity index (χ1v) is 4.77. The van der Waals surface area contributed by atoms with Gasteiger partial charge in [-0.05, 0) is 18.2 Å². The Balaban J connectivity index is 2.02. The highest BCUT2D eigenvalue weighted by Gasteiger charge is 2.20. The highest BCUT2D eigenvalue weighted by molar-refractivity contribution is 6.30. The largest absolute Gasteiger partial charge is 0.377 e. The zero-order valence-corrected chi connectivity index (χ0v) is 8.25. The van der Waals surface area contributed by atoms with Gasteiger partial charge in [-0.25, -0.2) is 0 Å². The highest BCUT2D eigenvalue weighted by Crippen LogP contribution is 2.11. The van der Waals surface area contributed by atoms with Gasteiger partial charge < -0.3 is 10.1 Å². The van der Waals surface area contributed by atoms with Gasteiger partial charge in [-0.3, -0.25) is 4.79 Å². The van der Waals surface area contributed by atoms with Crippen LogP contribution in [0.3, 0.4) is 0 Å². The number of rotatable bonds is 2. The fourth-order valence-corrected chi connectivity index (χ4v) is 1.41. The molecule has 1 aliphatic rings. The number of benzene rings is 1. The van der Waals surface area contributed by atoms with Crippen molar-refractivity contribution in [2.45, 2.75) is 6.04 Å². The molecule has 3 nitrogen and oxygen atoms in total. The highest BCUT2D eigenvalue weighted by atomic mass is 35.5. The summed E-state index contributed by atoms with van der Waals surface area (Å²) < 4.78 is 4.95. The smallest absolute Gasteiger partial charge is 0.251 e. The van der Waals surface area contributed by atoms with Gasteiger partial charge in [0.05, 0.1) is 19.3 Å². The maximum atomic E-state index is 11.6. The predicted molar refractivity (Wildman–Crippen MR) is 53.5 cm³/mol. The molecule has 0 unspecified atom stereocenters. The first-order chi connectivity index (χ1) is 6.75. The maximum Gasteiger partial charge on any atom is 0.251 e. The van der Waals surface area contributed by atoms with Crippen LogP contribution in [-0.4, -0.2) is 25.2 Å². The van der Waals surface area contributed by atoms with E-state index < -0.39 is 0 Å². The lowest BCUT2D eigenvalue weighted by Crippen LogP contribution is -2.48. The van der Waals surface area contributed by atoms with Crippen LogP contribution in [0.4, 0.5) is 0 Å². The lowest BCUT2D eigenvalue weighted by Gasteiger charge is -2.26. The average Bonchev–Trinajstić information content (AvgIpc) is 2.11. The molecule has 1 aromatic rings. The fourth-order valence-electron chi connectivity index (χ4n) is 1.22. The summed E-state index contributed by atoms with van der Waals surface area (Å²) in [5.74, 6) is -0.0965. The molecule has 0 saturated carbocycles. The molecular weight excluding hydrogens is 202 g/mol. The normalized spacial score (nSPS) is 16.1. The topological polar surface area (TPSA) is 38.3 Å². The number of carbonyl (C=O) groups is 1. The van der Waals surface area contributed by atoms with Crippen LogP contribution in [0.15, 0.2) is 24.3 Å². The Morgan fingerprint density at radius 3 is 2.86 bits per heavy atom. The molecule has 1 heterocycles. The van der Waals surface area contributed by atoms with Gasteiger partial charge in [0.1, 0.15) is 0 Å². The van der Waals surface area contributed by atoms with E-state index in [0.29, 0.717) is 23.8 Å². The number of nitrogens with one attached hydrogen (secondary N) is 1. The minimum atomic E-state index is -0.0965. The molecule has 0 bridgehead atoms. The van der Waals surface area contributed by atoms with Gasteiger partial charge in [-0.15, -0.1) is 0 Å². The summed E-state index contributed by atoms with van der Waals surface area (Å²) >= 11 is 5.77. The number of halogens is 1. The molecule has 0 aliphatic carbocycles. The van der Waals surface area contributed by atoms with Crippen LogP contribution in [0.25, 0.3) is 0 Å². The summed E-state index contributed by atoms with van der Waals surface area (Å²) in [6, 6.07) is 7.04. The zero-order valence-electron chi connectivity index (χ0n) is 7.50. The van der Waals surface area contributed by atoms with E-state index >= 15 is 0 Å². The standard InChI is InChI=1S/C10H10ClNO2/c11-8-3-1-2-7(4-8)10(13)12-9-5-14-6-9/h1-4,9H,5-6H2,(H,12,13). The van der Waals surface area contributed by atoms with E-state index in [1.54, 1.807) is 24.3 Å². The Hall–Kier alpha value is -1.06. The molecule has 0 atom stereocenters.